The molecule has 0 saturated heterocycles. The van der Waals surface area contributed by atoms with E-state index in [-0.39, 0.29) is 19.8 Å². The highest BCUT2D eigenvalue weighted by Gasteiger charge is 2.28. The number of rotatable bonds is 5. The lowest BCUT2D eigenvalue weighted by Crippen LogP contribution is -2.49. The number of nitrogens with one attached hydrogen (secondary N) is 1. The van der Waals surface area contributed by atoms with Gasteiger partial charge in [-0.15, -0.1) is 0 Å². The van der Waals surface area contributed by atoms with Crippen molar-refractivity contribution in [3.8, 4) is 0 Å². The molecule has 0 fully saturated rings. The minimum atomic E-state index is -1.13. The molecule has 0 amide bonds. The monoisotopic (exact) mass is 205 g/mol. The molecule has 1 aromatic heterocycles. The third-order valence-corrected chi connectivity index (χ3v) is 2.22. The van der Waals surface area contributed by atoms with E-state index < -0.39 is 5.54 Å². The topological polar surface area (TPSA) is 98.5 Å². The number of hydrogen-bond donors (Lipinski definition) is 4. The van der Waals surface area contributed by atoms with Gasteiger partial charge in [0.2, 0.25) is 5.13 Å². The van der Waals surface area contributed by atoms with Crippen LogP contribution in [0, 0.1) is 0 Å². The molecule has 13 heavy (non-hydrogen) atoms. The molecule has 0 aromatic carbocycles. The van der Waals surface area contributed by atoms with E-state index in [4.69, 9.17) is 15.3 Å². The van der Waals surface area contributed by atoms with E-state index >= 15 is 0 Å². The fraction of sp³-hybridized carbons (Fsp3) is 0.667. The summed E-state index contributed by atoms with van der Waals surface area (Å²) in [6.45, 7) is -1.13. The first kappa shape index (κ1) is 10.3. The second kappa shape index (κ2) is 4.47. The predicted molar refractivity (Wildman–Crippen MR) is 47.5 cm³/mol. The first-order valence-corrected chi connectivity index (χ1v) is 4.41. The van der Waals surface area contributed by atoms with Gasteiger partial charge in [-0.3, -0.25) is 0 Å². The molecule has 0 aliphatic carbocycles. The van der Waals surface area contributed by atoms with E-state index in [9.17, 15) is 0 Å². The predicted octanol–water partition coefficient (Wildman–Crippen LogP) is -1.33. The molecule has 74 valence electrons. The zero-order chi connectivity index (χ0) is 9.73. The van der Waals surface area contributed by atoms with Crippen LogP contribution in [0.2, 0.25) is 0 Å². The number of aliphatic hydroxyl groups excluding tert-OH is 3. The third kappa shape index (κ3) is 2.34. The van der Waals surface area contributed by atoms with Crippen molar-refractivity contribution >= 4 is 16.7 Å². The van der Waals surface area contributed by atoms with Crippen LogP contribution >= 0.6 is 11.5 Å². The van der Waals surface area contributed by atoms with Crippen molar-refractivity contribution in [2.75, 3.05) is 25.1 Å². The number of nitrogens with zero attached hydrogens (tertiary/aromatic N) is 2. The van der Waals surface area contributed by atoms with Gasteiger partial charge in [-0.25, -0.2) is 4.98 Å². The largest absolute Gasteiger partial charge is 0.394 e. The lowest BCUT2D eigenvalue weighted by Gasteiger charge is -2.27. The molecule has 1 heterocycles. The summed E-state index contributed by atoms with van der Waals surface area (Å²) in [7, 11) is 0. The Morgan fingerprint density at radius 3 is 2.31 bits per heavy atom. The van der Waals surface area contributed by atoms with Crippen LogP contribution in [-0.4, -0.2) is 50.0 Å². The molecule has 0 aliphatic rings. The molecule has 1 aromatic rings. The van der Waals surface area contributed by atoms with Crippen molar-refractivity contribution in [1.29, 1.82) is 0 Å². The molecular formula is C6H11N3O3S. The fourth-order valence-electron chi connectivity index (χ4n) is 0.724. The molecule has 0 radical (unpaired) electrons. The van der Waals surface area contributed by atoms with E-state index in [1.807, 2.05) is 0 Å². The van der Waals surface area contributed by atoms with Crippen molar-refractivity contribution in [3.63, 3.8) is 0 Å². The number of aromatic nitrogens is 2. The summed E-state index contributed by atoms with van der Waals surface area (Å²) in [4.78, 5) is 3.81. The van der Waals surface area contributed by atoms with E-state index in [1.54, 1.807) is 0 Å². The summed E-state index contributed by atoms with van der Waals surface area (Å²) in [6, 6.07) is 0. The van der Waals surface area contributed by atoms with Crippen LogP contribution in [-0.2, 0) is 0 Å². The zero-order valence-electron chi connectivity index (χ0n) is 6.84. The van der Waals surface area contributed by atoms with Gasteiger partial charge in [0.05, 0.1) is 19.8 Å². The van der Waals surface area contributed by atoms with Gasteiger partial charge in [-0.2, -0.15) is 4.37 Å². The average Bonchev–Trinajstić information content (AvgIpc) is 2.67. The van der Waals surface area contributed by atoms with Crippen molar-refractivity contribution in [3.05, 3.63) is 6.33 Å². The van der Waals surface area contributed by atoms with Crippen LogP contribution in [0.1, 0.15) is 0 Å². The summed E-state index contributed by atoms with van der Waals surface area (Å²) in [5.74, 6) is 0. The zero-order valence-corrected chi connectivity index (χ0v) is 7.66. The van der Waals surface area contributed by atoms with Gasteiger partial charge in [-0.1, -0.05) is 0 Å². The molecule has 6 nitrogen and oxygen atoms in total. The maximum absolute atomic E-state index is 8.95. The smallest absolute Gasteiger partial charge is 0.202 e. The summed E-state index contributed by atoms with van der Waals surface area (Å²) < 4.78 is 3.73. The highest BCUT2D eigenvalue weighted by atomic mass is 32.1. The van der Waals surface area contributed by atoms with Gasteiger partial charge in [0.25, 0.3) is 0 Å². The van der Waals surface area contributed by atoms with Crippen LogP contribution in [0.15, 0.2) is 6.33 Å². The Hall–Kier alpha value is -0.760. The quantitative estimate of drug-likeness (QED) is 0.475. The first-order chi connectivity index (χ1) is 6.26. The minimum Gasteiger partial charge on any atom is -0.394 e. The lowest BCUT2D eigenvalue weighted by atomic mass is 10.0. The van der Waals surface area contributed by atoms with E-state index in [0.29, 0.717) is 5.13 Å². The molecule has 0 unspecified atom stereocenters. The van der Waals surface area contributed by atoms with Gasteiger partial charge in [0, 0.05) is 11.5 Å². The van der Waals surface area contributed by atoms with Crippen LogP contribution in [0.3, 0.4) is 0 Å². The average molecular weight is 205 g/mol. The standard InChI is InChI=1S/C6H11N3O3S/c10-1-6(2-11,3-12)9-5-7-4-8-13-5/h4,10-12H,1-3H2,(H,7,8,9). The van der Waals surface area contributed by atoms with Gasteiger partial charge >= 0.3 is 0 Å². The number of hydrogen-bond acceptors (Lipinski definition) is 7. The van der Waals surface area contributed by atoms with Gasteiger partial charge in [0.1, 0.15) is 11.9 Å². The van der Waals surface area contributed by atoms with E-state index in [0.717, 1.165) is 11.5 Å². The first-order valence-electron chi connectivity index (χ1n) is 3.64. The second-order valence-electron chi connectivity index (χ2n) is 2.63. The molecule has 0 saturated carbocycles. The molecular weight excluding hydrogens is 194 g/mol. The number of aliphatic hydroxyl groups is 3. The van der Waals surface area contributed by atoms with Crippen LogP contribution in [0.25, 0.3) is 0 Å². The SMILES string of the molecule is OCC(CO)(CO)Nc1ncns1. The minimum absolute atomic E-state index is 0.375. The summed E-state index contributed by atoms with van der Waals surface area (Å²) in [5, 5.41) is 30.0. The van der Waals surface area contributed by atoms with Gasteiger partial charge in [-0.05, 0) is 0 Å². The Bertz CT molecular complexity index is 229. The Kier molecular flexibility index (Phi) is 3.55. The maximum atomic E-state index is 8.95. The van der Waals surface area contributed by atoms with E-state index in [1.165, 1.54) is 6.33 Å². The third-order valence-electron chi connectivity index (χ3n) is 1.64. The molecule has 7 heteroatoms. The second-order valence-corrected chi connectivity index (χ2v) is 3.41. The fourth-order valence-corrected chi connectivity index (χ4v) is 1.27. The molecule has 4 N–H and O–H groups in total. The van der Waals surface area contributed by atoms with Crippen molar-refractivity contribution < 1.29 is 15.3 Å². The van der Waals surface area contributed by atoms with Gasteiger partial charge < -0.3 is 20.6 Å². The Morgan fingerprint density at radius 2 is 1.92 bits per heavy atom. The lowest BCUT2D eigenvalue weighted by molar-refractivity contribution is 0.0833. The van der Waals surface area contributed by atoms with Crippen molar-refractivity contribution in [1.82, 2.24) is 9.36 Å². The number of anilines is 1. The Balaban J connectivity index is 2.67. The molecule has 1 rings (SSSR count). The molecule has 0 bridgehead atoms. The van der Waals surface area contributed by atoms with Crippen molar-refractivity contribution in [2.45, 2.75) is 5.54 Å². The van der Waals surface area contributed by atoms with Crippen LogP contribution < -0.4 is 5.32 Å². The highest BCUT2D eigenvalue weighted by molar-refractivity contribution is 7.09. The summed E-state index contributed by atoms with van der Waals surface area (Å²) in [5.41, 5.74) is -1.13. The Morgan fingerprint density at radius 1 is 1.31 bits per heavy atom. The van der Waals surface area contributed by atoms with Crippen LogP contribution in [0.4, 0.5) is 5.13 Å². The highest BCUT2D eigenvalue weighted by Crippen LogP contribution is 2.14. The van der Waals surface area contributed by atoms with Crippen LogP contribution in [0.5, 0.6) is 0 Å². The summed E-state index contributed by atoms with van der Waals surface area (Å²) >= 11 is 1.09. The van der Waals surface area contributed by atoms with E-state index in [2.05, 4.69) is 14.7 Å². The summed E-state index contributed by atoms with van der Waals surface area (Å²) in [6.07, 6.45) is 1.35. The Labute approximate surface area is 79.0 Å². The molecule has 0 atom stereocenters. The van der Waals surface area contributed by atoms with Crippen molar-refractivity contribution in [2.24, 2.45) is 0 Å². The van der Waals surface area contributed by atoms with Gasteiger partial charge in [0.15, 0.2) is 0 Å². The molecule has 0 spiro atoms. The molecule has 0 aliphatic heterocycles. The maximum Gasteiger partial charge on any atom is 0.202 e. The normalized spacial score (nSPS) is 11.6.